The van der Waals surface area contributed by atoms with Crippen LogP contribution in [0.1, 0.15) is 47.0 Å². The van der Waals surface area contributed by atoms with Crippen molar-refractivity contribution in [2.24, 2.45) is 17.8 Å². The molecule has 4 heteroatoms. The molecule has 2 amide bonds. The van der Waals surface area contributed by atoms with Crippen molar-refractivity contribution >= 4 is 11.8 Å². The number of amides is 2. The molecule has 2 rings (SSSR count). The zero-order valence-corrected chi connectivity index (χ0v) is 13.0. The van der Waals surface area contributed by atoms with Gasteiger partial charge in [-0.15, -0.1) is 6.58 Å². The highest BCUT2D eigenvalue weighted by atomic mass is 16.2. The SMILES string of the molecule is C=CCC1C[C@H]2C[C@H]2C1(NC(C)=O)C(=O)NC(C)(C)C. The third kappa shape index (κ3) is 2.60. The summed E-state index contributed by atoms with van der Waals surface area (Å²) in [5, 5.41) is 6.07. The fraction of sp³-hybridized carbons (Fsp3) is 0.750. The van der Waals surface area contributed by atoms with Gasteiger partial charge in [0.25, 0.3) is 0 Å². The highest BCUT2D eigenvalue weighted by Crippen LogP contribution is 2.61. The summed E-state index contributed by atoms with van der Waals surface area (Å²) in [6, 6.07) is 0. The molecule has 0 aliphatic heterocycles. The second-order valence-electron chi connectivity index (χ2n) is 7.31. The summed E-state index contributed by atoms with van der Waals surface area (Å²) in [4.78, 5) is 24.6. The van der Waals surface area contributed by atoms with E-state index in [1.54, 1.807) is 0 Å². The van der Waals surface area contributed by atoms with Crippen LogP contribution in [0.15, 0.2) is 12.7 Å². The van der Waals surface area contributed by atoms with Gasteiger partial charge in [-0.25, -0.2) is 0 Å². The van der Waals surface area contributed by atoms with Crippen LogP contribution in [0.2, 0.25) is 0 Å². The van der Waals surface area contributed by atoms with E-state index in [9.17, 15) is 9.59 Å². The van der Waals surface area contributed by atoms with Crippen LogP contribution in [0, 0.1) is 17.8 Å². The van der Waals surface area contributed by atoms with Crippen molar-refractivity contribution < 1.29 is 9.59 Å². The Morgan fingerprint density at radius 3 is 2.50 bits per heavy atom. The third-order valence-corrected chi connectivity index (χ3v) is 4.44. The number of nitrogens with one attached hydrogen (secondary N) is 2. The van der Waals surface area contributed by atoms with E-state index < -0.39 is 5.54 Å². The Morgan fingerprint density at radius 1 is 1.35 bits per heavy atom. The van der Waals surface area contributed by atoms with Gasteiger partial charge in [0.1, 0.15) is 5.54 Å². The molecule has 2 fully saturated rings. The number of hydrogen-bond donors (Lipinski definition) is 2. The Balaban J connectivity index is 2.31. The monoisotopic (exact) mass is 278 g/mol. The first-order valence-electron chi connectivity index (χ1n) is 7.43. The lowest BCUT2D eigenvalue weighted by Crippen LogP contribution is -2.65. The first kappa shape index (κ1) is 15.1. The minimum absolute atomic E-state index is 0.0305. The van der Waals surface area contributed by atoms with E-state index in [0.717, 1.165) is 19.3 Å². The van der Waals surface area contributed by atoms with Crippen LogP contribution in [0.4, 0.5) is 0 Å². The highest BCUT2D eigenvalue weighted by Gasteiger charge is 2.66. The molecule has 2 aliphatic rings. The van der Waals surface area contributed by atoms with E-state index in [4.69, 9.17) is 0 Å². The average Bonchev–Trinajstić information content (AvgIpc) is 2.96. The van der Waals surface area contributed by atoms with Crippen molar-refractivity contribution in [3.63, 3.8) is 0 Å². The molecule has 0 radical (unpaired) electrons. The van der Waals surface area contributed by atoms with Crippen LogP contribution >= 0.6 is 0 Å². The van der Waals surface area contributed by atoms with Crippen LogP contribution in [-0.4, -0.2) is 22.9 Å². The molecular formula is C16H26N2O2. The summed E-state index contributed by atoms with van der Waals surface area (Å²) in [6.45, 7) is 11.2. The molecule has 2 unspecified atom stereocenters. The van der Waals surface area contributed by atoms with Gasteiger partial charge in [0.05, 0.1) is 0 Å². The van der Waals surface area contributed by atoms with Crippen LogP contribution in [0.25, 0.3) is 0 Å². The maximum absolute atomic E-state index is 12.9. The van der Waals surface area contributed by atoms with Gasteiger partial charge in [-0.3, -0.25) is 9.59 Å². The van der Waals surface area contributed by atoms with Crippen LogP contribution < -0.4 is 10.6 Å². The molecule has 2 saturated carbocycles. The molecule has 0 bridgehead atoms. The lowest BCUT2D eigenvalue weighted by atomic mass is 9.79. The number of rotatable bonds is 4. The van der Waals surface area contributed by atoms with Gasteiger partial charge < -0.3 is 10.6 Å². The smallest absolute Gasteiger partial charge is 0.246 e. The topological polar surface area (TPSA) is 58.2 Å². The number of allylic oxidation sites excluding steroid dienone is 1. The quantitative estimate of drug-likeness (QED) is 0.773. The van der Waals surface area contributed by atoms with Crippen LogP contribution in [0.3, 0.4) is 0 Å². The number of carbonyl (C=O) groups excluding carboxylic acids is 2. The molecule has 4 atom stereocenters. The lowest BCUT2D eigenvalue weighted by Gasteiger charge is -2.39. The van der Waals surface area contributed by atoms with Gasteiger partial charge in [0.15, 0.2) is 0 Å². The van der Waals surface area contributed by atoms with E-state index in [1.807, 2.05) is 26.8 Å². The predicted molar refractivity (Wildman–Crippen MR) is 79.0 cm³/mol. The zero-order valence-electron chi connectivity index (χ0n) is 13.0. The van der Waals surface area contributed by atoms with E-state index in [0.29, 0.717) is 11.8 Å². The molecule has 2 N–H and O–H groups in total. The summed E-state index contributed by atoms with van der Waals surface area (Å²) >= 11 is 0. The Morgan fingerprint density at radius 2 is 2.00 bits per heavy atom. The number of hydrogen-bond acceptors (Lipinski definition) is 2. The van der Waals surface area contributed by atoms with E-state index in [-0.39, 0.29) is 23.3 Å². The minimum atomic E-state index is -0.738. The van der Waals surface area contributed by atoms with Gasteiger partial charge in [0, 0.05) is 12.5 Å². The first-order valence-corrected chi connectivity index (χ1v) is 7.43. The van der Waals surface area contributed by atoms with Gasteiger partial charge in [0.2, 0.25) is 11.8 Å². The van der Waals surface area contributed by atoms with Crippen molar-refractivity contribution in [2.45, 2.75) is 58.0 Å². The molecule has 4 nitrogen and oxygen atoms in total. The fourth-order valence-corrected chi connectivity index (χ4v) is 3.74. The van der Waals surface area contributed by atoms with Crippen molar-refractivity contribution in [1.82, 2.24) is 10.6 Å². The minimum Gasteiger partial charge on any atom is -0.349 e. The fourth-order valence-electron chi connectivity index (χ4n) is 3.74. The second kappa shape index (κ2) is 4.90. The molecular weight excluding hydrogens is 252 g/mol. The third-order valence-electron chi connectivity index (χ3n) is 4.44. The molecule has 0 aromatic carbocycles. The van der Waals surface area contributed by atoms with Gasteiger partial charge >= 0.3 is 0 Å². The van der Waals surface area contributed by atoms with Gasteiger partial charge in [-0.05, 0) is 57.8 Å². The second-order valence-corrected chi connectivity index (χ2v) is 7.31. The largest absolute Gasteiger partial charge is 0.349 e. The van der Waals surface area contributed by atoms with Gasteiger partial charge in [-0.2, -0.15) is 0 Å². The van der Waals surface area contributed by atoms with Crippen LogP contribution in [-0.2, 0) is 9.59 Å². The standard InChI is InChI=1S/C16H26N2O2/c1-6-7-12-8-11-9-13(11)16(12,17-10(2)19)14(20)18-15(3,4)5/h6,11-13H,1,7-9H2,2-5H3,(H,17,19)(H,18,20)/t11-,12?,13+,16?/m0/s1. The number of carbonyl (C=O) groups is 2. The molecule has 2 aliphatic carbocycles. The predicted octanol–water partition coefficient (Wildman–Crippen LogP) is 2.01. The summed E-state index contributed by atoms with van der Waals surface area (Å²) in [5.41, 5.74) is -1.04. The Labute approximate surface area is 121 Å². The summed E-state index contributed by atoms with van der Waals surface area (Å²) < 4.78 is 0. The van der Waals surface area contributed by atoms with E-state index >= 15 is 0 Å². The zero-order chi connectivity index (χ0) is 15.1. The Kier molecular flexibility index (Phi) is 3.69. The Bertz CT molecular complexity index is 438. The molecule has 0 spiro atoms. The van der Waals surface area contributed by atoms with Crippen molar-refractivity contribution in [1.29, 1.82) is 0 Å². The van der Waals surface area contributed by atoms with Crippen LogP contribution in [0.5, 0.6) is 0 Å². The normalized spacial score (nSPS) is 35.1. The van der Waals surface area contributed by atoms with Crippen molar-refractivity contribution in [2.75, 3.05) is 0 Å². The maximum Gasteiger partial charge on any atom is 0.246 e. The van der Waals surface area contributed by atoms with Gasteiger partial charge in [-0.1, -0.05) is 6.08 Å². The van der Waals surface area contributed by atoms with Crippen molar-refractivity contribution in [3.05, 3.63) is 12.7 Å². The van der Waals surface area contributed by atoms with E-state index in [2.05, 4.69) is 17.2 Å². The number of fused-ring (bicyclic) bond motifs is 1. The highest BCUT2D eigenvalue weighted by molar-refractivity contribution is 5.93. The summed E-state index contributed by atoms with van der Waals surface area (Å²) in [7, 11) is 0. The average molecular weight is 278 g/mol. The van der Waals surface area contributed by atoms with E-state index in [1.165, 1.54) is 6.92 Å². The Hall–Kier alpha value is -1.32. The molecule has 0 heterocycles. The summed E-state index contributed by atoms with van der Waals surface area (Å²) in [6.07, 6.45) is 4.68. The summed E-state index contributed by atoms with van der Waals surface area (Å²) in [5.74, 6) is 0.874. The molecule has 0 saturated heterocycles. The molecule has 20 heavy (non-hydrogen) atoms. The van der Waals surface area contributed by atoms with Crippen molar-refractivity contribution in [3.8, 4) is 0 Å². The molecule has 112 valence electrons. The molecule has 0 aromatic rings. The molecule has 0 aromatic heterocycles. The lowest BCUT2D eigenvalue weighted by molar-refractivity contribution is -0.136. The maximum atomic E-state index is 12.9. The first-order chi connectivity index (χ1) is 9.20.